The van der Waals surface area contributed by atoms with Gasteiger partial charge in [-0.15, -0.1) is 0 Å². The Kier molecular flexibility index (Phi) is 15.4. The number of carbonyl (C=O) groups is 1. The molecule has 2 heteroatoms. The van der Waals surface area contributed by atoms with Crippen LogP contribution >= 0.6 is 0 Å². The van der Waals surface area contributed by atoms with Gasteiger partial charge in [0.25, 0.3) is 0 Å². The maximum atomic E-state index is 10.5. The van der Waals surface area contributed by atoms with E-state index in [0.29, 0.717) is 0 Å². The molecule has 0 bridgehead atoms. The van der Waals surface area contributed by atoms with Crippen LogP contribution in [0.4, 0.5) is 0 Å². The van der Waals surface area contributed by atoms with Crippen LogP contribution in [-0.2, 0) is 4.79 Å². The van der Waals surface area contributed by atoms with Gasteiger partial charge >= 0.3 is 5.97 Å². The molecule has 30 heavy (non-hydrogen) atoms. The van der Waals surface area contributed by atoms with Crippen LogP contribution in [0.2, 0.25) is 0 Å². The first-order valence-corrected chi connectivity index (χ1v) is 7.53. The standard InChI is InChI=1S/C28H6O2/c1-3-4-5-6-7-8-9-10-11-12-13-14-15-16-17-18-19-20-21-22-23-24-25-26-27(2)28(29)30/h1H2,2H3,(H,29,30). The van der Waals surface area contributed by atoms with E-state index < -0.39 is 5.97 Å². The highest BCUT2D eigenvalue weighted by Crippen LogP contribution is 1.85. The van der Waals surface area contributed by atoms with Gasteiger partial charge < -0.3 is 5.11 Å². The highest BCUT2D eigenvalue weighted by atomic mass is 16.4. The Hall–Kier alpha value is -6.07. The Labute approximate surface area is 172 Å². The lowest BCUT2D eigenvalue weighted by Gasteiger charge is -1.79. The molecular weight excluding hydrogens is 368 g/mol. The molecule has 2 nitrogen and oxygen atoms in total. The molecule has 1 N–H and O–H groups in total. The average molecular weight is 374 g/mol. The second-order valence-corrected chi connectivity index (χ2v) is 3.98. The Balaban J connectivity index is 5.92. The summed E-state index contributed by atoms with van der Waals surface area (Å²) in [6.07, 6.45) is 0. The van der Waals surface area contributed by atoms with Crippen LogP contribution in [0.5, 0.6) is 0 Å². The van der Waals surface area contributed by atoms with E-state index in [1.807, 2.05) is 0 Å². The van der Waals surface area contributed by atoms with Gasteiger partial charge in [0.2, 0.25) is 0 Å². The van der Waals surface area contributed by atoms with Gasteiger partial charge in [0, 0.05) is 34.4 Å². The lowest BCUT2D eigenvalue weighted by atomic mass is 10.3. The van der Waals surface area contributed by atoms with Crippen LogP contribution in [0, 0.1) is 0 Å². The normalized spacial score (nSPS) is 4.70. The van der Waals surface area contributed by atoms with Crippen molar-refractivity contribution in [1.82, 2.24) is 0 Å². The second-order valence-electron chi connectivity index (χ2n) is 3.98. The smallest absolute Gasteiger partial charge is 0.339 e. The lowest BCUT2D eigenvalue weighted by Crippen LogP contribution is -1.93. The van der Waals surface area contributed by atoms with Gasteiger partial charge in [0.1, 0.15) is 0 Å². The number of carboxylic acid groups (broad SMARTS) is 1. The molecule has 0 atom stereocenters. The summed E-state index contributed by atoms with van der Waals surface area (Å²) in [4.78, 5) is 10.5. The fourth-order valence-electron chi connectivity index (χ4n) is 0.848. The van der Waals surface area contributed by atoms with Crippen molar-refractivity contribution in [2.45, 2.75) is 6.92 Å². The summed E-state index contributed by atoms with van der Waals surface area (Å²) in [6.45, 7) is 4.68. The molecule has 0 amide bonds. The van der Waals surface area contributed by atoms with E-state index in [1.54, 1.807) is 0 Å². The summed E-state index contributed by atoms with van der Waals surface area (Å²) >= 11 is 0. The van der Waals surface area contributed by atoms with Gasteiger partial charge in [-0.05, 0) is 111 Å². The second kappa shape index (κ2) is 19.3. The molecule has 0 fully saturated rings. The van der Waals surface area contributed by atoms with Crippen molar-refractivity contribution in [3.63, 3.8) is 0 Å². The van der Waals surface area contributed by atoms with Crippen LogP contribution in [0.3, 0.4) is 0 Å². The minimum Gasteiger partial charge on any atom is -0.477 e. The van der Waals surface area contributed by atoms with Gasteiger partial charge in [0.05, 0.1) is 5.57 Å². The van der Waals surface area contributed by atoms with Crippen molar-refractivity contribution in [3.8, 4) is 0 Å². The monoisotopic (exact) mass is 374 g/mol. The van der Waals surface area contributed by atoms with E-state index in [0.717, 1.165) is 0 Å². The molecule has 0 heterocycles. The van der Waals surface area contributed by atoms with Crippen molar-refractivity contribution in [2.24, 2.45) is 0 Å². The molecule has 0 spiro atoms. The number of hydrogen-bond acceptors (Lipinski definition) is 1. The predicted molar refractivity (Wildman–Crippen MR) is 107 cm³/mol. The molecule has 0 saturated heterocycles. The SMILES string of the molecule is C=C=C=C=C=C=C=C=C=C=C=C=C=C=C=C=C=C=C=C=C=C=C=C=C=C(C)C(=O)O. The summed E-state index contributed by atoms with van der Waals surface area (Å²) in [5, 5.41) is 8.57. The van der Waals surface area contributed by atoms with Gasteiger partial charge in [-0.3, -0.25) is 0 Å². The summed E-state index contributed by atoms with van der Waals surface area (Å²) in [5.74, 6) is -1.09. The third-order valence-corrected chi connectivity index (χ3v) is 1.97. The minimum absolute atomic E-state index is 0.00252. The van der Waals surface area contributed by atoms with Crippen molar-refractivity contribution in [3.05, 3.63) is 150 Å². The Morgan fingerprint density at radius 1 is 0.500 bits per heavy atom. The van der Waals surface area contributed by atoms with Crippen molar-refractivity contribution >= 4 is 5.97 Å². The third kappa shape index (κ3) is 18.3. The molecule has 0 aliphatic heterocycles. The maximum Gasteiger partial charge on any atom is 0.339 e. The van der Waals surface area contributed by atoms with E-state index >= 15 is 0 Å². The summed E-state index contributed by atoms with van der Waals surface area (Å²) in [5.41, 5.74) is 58.7. The summed E-state index contributed by atoms with van der Waals surface area (Å²) in [7, 11) is 0. The van der Waals surface area contributed by atoms with Crippen LogP contribution in [-0.4, -0.2) is 11.1 Å². The molecule has 0 rings (SSSR count). The number of aliphatic carboxylic acids is 1. The Morgan fingerprint density at radius 3 is 0.967 bits per heavy atom. The first-order valence-electron chi connectivity index (χ1n) is 7.53. The van der Waals surface area contributed by atoms with Crippen molar-refractivity contribution < 1.29 is 9.90 Å². The molecule has 0 unspecified atom stereocenters. The topological polar surface area (TPSA) is 37.3 Å². The predicted octanol–water partition coefficient (Wildman–Crippen LogP) is 4.37. The first kappa shape index (κ1) is 23.9. The van der Waals surface area contributed by atoms with Gasteiger partial charge in [-0.1, -0.05) is 5.73 Å². The molecule has 0 aromatic carbocycles. The zero-order valence-corrected chi connectivity index (χ0v) is 15.6. The molecule has 0 aliphatic rings. The number of rotatable bonds is 1. The average Bonchev–Trinajstić information content (AvgIpc) is 2.74. The van der Waals surface area contributed by atoms with Gasteiger partial charge in [-0.25, -0.2) is 4.79 Å². The fourth-order valence-corrected chi connectivity index (χ4v) is 0.848. The molecular formula is C28H6O2. The van der Waals surface area contributed by atoms with Gasteiger partial charge in [-0.2, -0.15) is 0 Å². The Morgan fingerprint density at radius 2 is 0.733 bits per heavy atom. The molecule has 0 saturated carbocycles. The summed E-state index contributed by atoms with van der Waals surface area (Å²) < 4.78 is 0. The number of carboxylic acids is 1. The van der Waals surface area contributed by atoms with E-state index in [4.69, 9.17) is 5.11 Å². The Bertz CT molecular complexity index is 1670. The number of hydrogen-bond donors (Lipinski definition) is 1. The fraction of sp³-hybridized carbons (Fsp3) is 0.0357. The van der Waals surface area contributed by atoms with E-state index in [1.165, 1.54) is 6.92 Å². The van der Waals surface area contributed by atoms with E-state index in [-0.39, 0.29) is 5.57 Å². The summed E-state index contributed by atoms with van der Waals surface area (Å²) in [6, 6.07) is 0. The lowest BCUT2D eigenvalue weighted by molar-refractivity contribution is -0.132. The quantitative estimate of drug-likeness (QED) is 0.547. The van der Waals surface area contributed by atoms with Crippen LogP contribution in [0.1, 0.15) is 6.92 Å². The van der Waals surface area contributed by atoms with E-state index in [2.05, 4.69) is 144 Å². The largest absolute Gasteiger partial charge is 0.477 e. The molecule has 130 valence electrons. The molecule has 0 aromatic rings. The molecule has 0 aromatic heterocycles. The third-order valence-electron chi connectivity index (χ3n) is 1.97. The maximum absolute atomic E-state index is 10.5. The molecule has 0 radical (unpaired) electrons. The highest BCUT2D eigenvalue weighted by Gasteiger charge is 1.94. The van der Waals surface area contributed by atoms with Crippen LogP contribution in [0.15, 0.2) is 150 Å². The zero-order chi connectivity index (χ0) is 22.1. The van der Waals surface area contributed by atoms with E-state index in [9.17, 15) is 4.79 Å². The highest BCUT2D eigenvalue weighted by molar-refractivity contribution is 5.85. The first-order chi connectivity index (χ1) is 14.7. The van der Waals surface area contributed by atoms with Crippen LogP contribution in [0.25, 0.3) is 0 Å². The zero-order valence-electron chi connectivity index (χ0n) is 15.6. The van der Waals surface area contributed by atoms with Crippen molar-refractivity contribution in [2.75, 3.05) is 0 Å². The van der Waals surface area contributed by atoms with Crippen LogP contribution < -0.4 is 0 Å². The minimum atomic E-state index is -1.09. The molecule has 0 aliphatic carbocycles. The van der Waals surface area contributed by atoms with Gasteiger partial charge in [0.15, 0.2) is 0 Å². The van der Waals surface area contributed by atoms with Crippen molar-refractivity contribution in [1.29, 1.82) is 0 Å².